The highest BCUT2D eigenvalue weighted by molar-refractivity contribution is 6.02. The zero-order chi connectivity index (χ0) is 24.4. The van der Waals surface area contributed by atoms with Gasteiger partial charge in [-0.2, -0.15) is 0 Å². The van der Waals surface area contributed by atoms with Gasteiger partial charge in [0.05, 0.1) is 12.2 Å². The second kappa shape index (κ2) is 9.81. The third-order valence-corrected chi connectivity index (χ3v) is 5.68. The number of aromatic hydroxyl groups is 5. The highest BCUT2D eigenvalue weighted by Crippen LogP contribution is 2.46. The van der Waals surface area contributed by atoms with E-state index in [2.05, 4.69) is 0 Å². The van der Waals surface area contributed by atoms with E-state index in [9.17, 15) is 45.6 Å². The number of phenols is 5. The van der Waals surface area contributed by atoms with E-state index in [1.807, 2.05) is 0 Å². The van der Waals surface area contributed by atoms with Crippen LogP contribution in [0.25, 0.3) is 0 Å². The van der Waals surface area contributed by atoms with E-state index in [-0.39, 0.29) is 24.3 Å². The van der Waals surface area contributed by atoms with Gasteiger partial charge in [0.1, 0.15) is 53.3 Å². The lowest BCUT2D eigenvalue weighted by atomic mass is 9.88. The number of aliphatic hydroxyl groups is 3. The van der Waals surface area contributed by atoms with Crippen LogP contribution in [0.1, 0.15) is 34.0 Å². The van der Waals surface area contributed by atoms with E-state index in [1.54, 1.807) is 0 Å². The van der Waals surface area contributed by atoms with Crippen molar-refractivity contribution in [3.63, 3.8) is 0 Å². The van der Waals surface area contributed by atoms with Crippen molar-refractivity contribution < 1.29 is 55.1 Å². The molecule has 0 bridgehead atoms. The lowest BCUT2D eigenvalue weighted by molar-refractivity contribution is -0.238. The summed E-state index contributed by atoms with van der Waals surface area (Å²) < 4.78 is 10.6. The van der Waals surface area contributed by atoms with Crippen LogP contribution in [0.3, 0.4) is 0 Å². The van der Waals surface area contributed by atoms with E-state index >= 15 is 0 Å². The first kappa shape index (κ1) is 24.6. The quantitative estimate of drug-likeness (QED) is 0.205. The molecule has 0 spiro atoms. The van der Waals surface area contributed by atoms with E-state index in [0.29, 0.717) is 5.56 Å². The van der Waals surface area contributed by atoms with E-state index in [0.717, 1.165) is 6.07 Å². The van der Waals surface area contributed by atoms with Crippen LogP contribution in [0.2, 0.25) is 0 Å². The average molecular weight is 466 g/mol. The first-order valence-electron chi connectivity index (χ1n) is 10.1. The Bertz CT molecular complexity index is 1020. The summed E-state index contributed by atoms with van der Waals surface area (Å²) in [6.07, 6.45) is -7.16. The van der Waals surface area contributed by atoms with Gasteiger partial charge < -0.3 is 50.3 Å². The van der Waals surface area contributed by atoms with Gasteiger partial charge in [0.2, 0.25) is 0 Å². The molecule has 11 nitrogen and oxygen atoms in total. The maximum atomic E-state index is 12.8. The van der Waals surface area contributed by atoms with E-state index < -0.39 is 71.3 Å². The molecule has 1 aliphatic rings. The second-order valence-corrected chi connectivity index (χ2v) is 7.76. The number of carbonyl (C=O) groups excluding carboxylic acids is 1. The van der Waals surface area contributed by atoms with Gasteiger partial charge in [0.15, 0.2) is 17.3 Å². The van der Waals surface area contributed by atoms with Crippen molar-refractivity contribution in [2.45, 2.75) is 43.4 Å². The molecule has 5 unspecified atom stereocenters. The maximum Gasteiger partial charge on any atom is 0.170 e. The molecule has 0 amide bonds. The van der Waals surface area contributed by atoms with Gasteiger partial charge in [-0.15, -0.1) is 0 Å². The molecule has 180 valence electrons. The molecule has 1 saturated heterocycles. The first-order chi connectivity index (χ1) is 15.6. The molecule has 0 aliphatic carbocycles. The third kappa shape index (κ3) is 4.68. The number of hydrogen-bond acceptors (Lipinski definition) is 11. The summed E-state index contributed by atoms with van der Waals surface area (Å²) in [5, 5.41) is 80.7. The molecular weight excluding hydrogens is 440 g/mol. The number of Topliss-reactive ketones (excluding diaryl/α,β-unsaturated/α-hetero) is 1. The fourth-order valence-corrected chi connectivity index (χ4v) is 3.94. The zero-order valence-electron chi connectivity index (χ0n) is 17.6. The predicted molar refractivity (Wildman–Crippen MR) is 111 cm³/mol. The topological polar surface area (TPSA) is 197 Å². The monoisotopic (exact) mass is 466 g/mol. The van der Waals surface area contributed by atoms with Gasteiger partial charge in [-0.3, -0.25) is 4.79 Å². The normalized spacial score (nSPS) is 25.2. The van der Waals surface area contributed by atoms with Crippen molar-refractivity contribution in [2.24, 2.45) is 0 Å². The van der Waals surface area contributed by atoms with Gasteiger partial charge in [-0.1, -0.05) is 6.07 Å². The van der Waals surface area contributed by atoms with Crippen LogP contribution in [0.15, 0.2) is 24.3 Å². The molecule has 2 aromatic rings. The van der Waals surface area contributed by atoms with Crippen molar-refractivity contribution in [3.8, 4) is 28.7 Å². The van der Waals surface area contributed by atoms with Crippen LogP contribution in [-0.4, -0.2) is 84.8 Å². The molecular formula is C22H26O11. The standard InChI is InChI=1S/C22H26O11/c1-32-21-15(8-23)33-22(20(31)19(21)30)17-14(28)7-13(27)16(18(17)29)11(25)5-3-9-2-4-10(24)12(26)6-9/h2,4,6-7,15,19-24,26-31H,3,5,8H2,1H3. The summed E-state index contributed by atoms with van der Waals surface area (Å²) in [5.74, 6) is -3.69. The van der Waals surface area contributed by atoms with Gasteiger partial charge in [0, 0.05) is 19.6 Å². The second-order valence-electron chi connectivity index (χ2n) is 7.76. The number of ether oxygens (including phenoxy) is 2. The summed E-state index contributed by atoms with van der Waals surface area (Å²) in [6, 6.07) is 4.80. The summed E-state index contributed by atoms with van der Waals surface area (Å²) >= 11 is 0. The van der Waals surface area contributed by atoms with Crippen LogP contribution in [0.5, 0.6) is 28.7 Å². The molecule has 1 fully saturated rings. The Morgan fingerprint density at radius 2 is 1.67 bits per heavy atom. The molecule has 1 heterocycles. The minimum atomic E-state index is -1.71. The Hall–Kier alpha value is -3.09. The Morgan fingerprint density at radius 3 is 2.27 bits per heavy atom. The average Bonchev–Trinajstić information content (AvgIpc) is 2.76. The lowest BCUT2D eigenvalue weighted by Gasteiger charge is -2.42. The van der Waals surface area contributed by atoms with E-state index in [1.165, 1.54) is 25.3 Å². The SMILES string of the molecule is COC1C(CO)OC(c2c(O)cc(O)c(C(=O)CCc3ccc(O)c(O)c3)c2O)C(O)C1O. The minimum Gasteiger partial charge on any atom is -0.507 e. The highest BCUT2D eigenvalue weighted by atomic mass is 16.6. The van der Waals surface area contributed by atoms with Crippen molar-refractivity contribution in [2.75, 3.05) is 13.7 Å². The number of rotatable bonds is 7. The maximum absolute atomic E-state index is 12.8. The van der Waals surface area contributed by atoms with Crippen LogP contribution in [0, 0.1) is 0 Å². The first-order valence-corrected chi connectivity index (χ1v) is 10.1. The zero-order valence-corrected chi connectivity index (χ0v) is 17.6. The number of benzene rings is 2. The number of phenolic OH excluding ortho intramolecular Hbond substituents is 5. The Morgan fingerprint density at radius 1 is 0.970 bits per heavy atom. The van der Waals surface area contributed by atoms with Gasteiger partial charge in [0.25, 0.3) is 0 Å². The number of ketones is 1. The van der Waals surface area contributed by atoms with Crippen molar-refractivity contribution in [3.05, 3.63) is 41.0 Å². The van der Waals surface area contributed by atoms with Crippen LogP contribution in [-0.2, 0) is 15.9 Å². The Kier molecular flexibility index (Phi) is 7.30. The molecule has 8 N–H and O–H groups in total. The lowest BCUT2D eigenvalue weighted by Crippen LogP contribution is -2.56. The minimum absolute atomic E-state index is 0.0884. The fraction of sp³-hybridized carbons (Fsp3) is 0.409. The number of aliphatic hydroxyl groups excluding tert-OH is 3. The molecule has 3 rings (SSSR count). The summed E-state index contributed by atoms with van der Waals surface area (Å²) in [5.41, 5.74) is -0.481. The molecule has 0 saturated carbocycles. The number of hydrogen-bond donors (Lipinski definition) is 8. The molecule has 5 atom stereocenters. The molecule has 0 aromatic heterocycles. The van der Waals surface area contributed by atoms with Gasteiger partial charge >= 0.3 is 0 Å². The van der Waals surface area contributed by atoms with Crippen LogP contribution in [0.4, 0.5) is 0 Å². The number of carbonyl (C=O) groups is 1. The Balaban J connectivity index is 1.92. The molecule has 2 aromatic carbocycles. The van der Waals surface area contributed by atoms with Crippen molar-refractivity contribution >= 4 is 5.78 Å². The summed E-state index contributed by atoms with van der Waals surface area (Å²) in [6.45, 7) is -0.607. The van der Waals surface area contributed by atoms with Crippen LogP contribution >= 0.6 is 0 Å². The number of aryl methyl sites for hydroxylation is 1. The smallest absolute Gasteiger partial charge is 0.170 e. The highest BCUT2D eigenvalue weighted by Gasteiger charge is 2.47. The third-order valence-electron chi connectivity index (χ3n) is 5.68. The summed E-state index contributed by atoms with van der Waals surface area (Å²) in [4.78, 5) is 12.8. The largest absolute Gasteiger partial charge is 0.507 e. The Labute approximate surface area is 188 Å². The van der Waals surface area contributed by atoms with Gasteiger partial charge in [-0.25, -0.2) is 0 Å². The van der Waals surface area contributed by atoms with Crippen molar-refractivity contribution in [1.82, 2.24) is 0 Å². The number of methoxy groups -OCH3 is 1. The van der Waals surface area contributed by atoms with Crippen LogP contribution < -0.4 is 0 Å². The molecule has 11 heteroatoms. The van der Waals surface area contributed by atoms with Gasteiger partial charge in [-0.05, 0) is 24.1 Å². The van der Waals surface area contributed by atoms with Crippen molar-refractivity contribution in [1.29, 1.82) is 0 Å². The van der Waals surface area contributed by atoms with E-state index in [4.69, 9.17) is 9.47 Å². The molecule has 0 radical (unpaired) electrons. The molecule has 33 heavy (non-hydrogen) atoms. The fourth-order valence-electron chi connectivity index (χ4n) is 3.94. The predicted octanol–water partition coefficient (Wildman–Crippen LogP) is 0.199. The molecule has 1 aliphatic heterocycles. The summed E-state index contributed by atoms with van der Waals surface area (Å²) in [7, 11) is 1.24.